The summed E-state index contributed by atoms with van der Waals surface area (Å²) in [5, 5.41) is 6.34. The quantitative estimate of drug-likeness (QED) is 0.481. The lowest BCUT2D eigenvalue weighted by molar-refractivity contribution is -0.274. The van der Waals surface area contributed by atoms with Gasteiger partial charge in [-0.25, -0.2) is 15.0 Å². The first-order valence-corrected chi connectivity index (χ1v) is 9.58. The average molecular weight is 432 g/mol. The predicted octanol–water partition coefficient (Wildman–Crippen LogP) is 4.54. The van der Waals surface area contributed by atoms with E-state index in [9.17, 15) is 13.2 Å². The minimum Gasteiger partial charge on any atom is -0.406 e. The molecule has 7 nitrogen and oxygen atoms in total. The largest absolute Gasteiger partial charge is 0.573 e. The highest BCUT2D eigenvalue weighted by molar-refractivity contribution is 5.67. The van der Waals surface area contributed by atoms with Gasteiger partial charge in [0.1, 0.15) is 23.7 Å². The number of nitrogens with one attached hydrogen (secondary N) is 2. The molecule has 164 valence electrons. The van der Waals surface area contributed by atoms with Gasteiger partial charge < -0.3 is 20.3 Å². The summed E-state index contributed by atoms with van der Waals surface area (Å²) in [7, 11) is 4.06. The third kappa shape index (κ3) is 7.41. The summed E-state index contributed by atoms with van der Waals surface area (Å²) in [5.41, 5.74) is 2.12. The molecule has 0 saturated heterocycles. The first kappa shape index (κ1) is 22.3. The molecule has 10 heteroatoms. The molecule has 2 N–H and O–H groups in total. The Morgan fingerprint density at radius 1 is 0.968 bits per heavy atom. The van der Waals surface area contributed by atoms with Gasteiger partial charge in [0.05, 0.1) is 5.69 Å². The molecule has 0 spiro atoms. The van der Waals surface area contributed by atoms with E-state index in [4.69, 9.17) is 0 Å². The Balaban J connectivity index is 1.65. The fraction of sp³-hybridized carbons (Fsp3) is 0.286. The summed E-state index contributed by atoms with van der Waals surface area (Å²) in [6.45, 7) is 1.79. The SMILES string of the molecule is CN(C)CCCNc1cc(-c2cc(Nc3ccc(OC(F)(F)F)cc3)ncn2)ccn1. The maximum absolute atomic E-state index is 12.3. The van der Waals surface area contributed by atoms with Crippen molar-refractivity contribution in [3.8, 4) is 17.0 Å². The van der Waals surface area contributed by atoms with Crippen molar-refractivity contribution in [1.82, 2.24) is 19.9 Å². The lowest BCUT2D eigenvalue weighted by atomic mass is 10.2. The maximum Gasteiger partial charge on any atom is 0.573 e. The van der Waals surface area contributed by atoms with Gasteiger partial charge >= 0.3 is 6.36 Å². The normalized spacial score (nSPS) is 11.4. The maximum atomic E-state index is 12.3. The minimum absolute atomic E-state index is 0.288. The molecule has 3 rings (SSSR count). The van der Waals surface area contributed by atoms with E-state index in [1.165, 1.54) is 30.6 Å². The van der Waals surface area contributed by atoms with Crippen molar-refractivity contribution in [2.45, 2.75) is 12.8 Å². The Bertz CT molecular complexity index is 979. The zero-order valence-corrected chi connectivity index (χ0v) is 17.1. The monoisotopic (exact) mass is 432 g/mol. The summed E-state index contributed by atoms with van der Waals surface area (Å²) in [6, 6.07) is 10.9. The molecule has 0 fully saturated rings. The van der Waals surface area contributed by atoms with Crippen LogP contribution in [0.25, 0.3) is 11.3 Å². The molecule has 2 aromatic heterocycles. The van der Waals surface area contributed by atoms with Gasteiger partial charge in [0.15, 0.2) is 0 Å². The smallest absolute Gasteiger partial charge is 0.406 e. The van der Waals surface area contributed by atoms with Crippen LogP contribution < -0.4 is 15.4 Å². The van der Waals surface area contributed by atoms with Gasteiger partial charge in [-0.15, -0.1) is 13.2 Å². The lowest BCUT2D eigenvalue weighted by Gasteiger charge is -2.11. The zero-order chi connectivity index (χ0) is 22.3. The summed E-state index contributed by atoms with van der Waals surface area (Å²) >= 11 is 0. The van der Waals surface area contributed by atoms with Crippen molar-refractivity contribution in [2.75, 3.05) is 37.8 Å². The van der Waals surface area contributed by atoms with Crippen LogP contribution in [0.15, 0.2) is 55.0 Å². The fourth-order valence-electron chi connectivity index (χ4n) is 2.77. The van der Waals surface area contributed by atoms with Crippen LogP contribution in [0, 0.1) is 0 Å². The topological polar surface area (TPSA) is 75.2 Å². The van der Waals surface area contributed by atoms with Crippen molar-refractivity contribution in [1.29, 1.82) is 0 Å². The van der Waals surface area contributed by atoms with Gasteiger partial charge in [-0.3, -0.25) is 0 Å². The van der Waals surface area contributed by atoms with Crippen LogP contribution >= 0.6 is 0 Å². The molecule has 0 bridgehead atoms. The van der Waals surface area contributed by atoms with Crippen LogP contribution in [-0.4, -0.2) is 53.4 Å². The summed E-state index contributed by atoms with van der Waals surface area (Å²) in [4.78, 5) is 14.9. The molecule has 0 aliphatic rings. The van der Waals surface area contributed by atoms with Gasteiger partial charge in [-0.1, -0.05) is 0 Å². The summed E-state index contributed by atoms with van der Waals surface area (Å²) in [5.74, 6) is 0.972. The molecule has 0 atom stereocenters. The fourth-order valence-corrected chi connectivity index (χ4v) is 2.77. The molecule has 0 saturated carbocycles. The number of hydrogen-bond acceptors (Lipinski definition) is 7. The number of halogens is 3. The second-order valence-electron chi connectivity index (χ2n) is 7.00. The molecule has 0 aliphatic carbocycles. The number of aromatic nitrogens is 3. The Hall–Kier alpha value is -3.40. The minimum atomic E-state index is -4.72. The van der Waals surface area contributed by atoms with Crippen molar-refractivity contribution in [3.05, 3.63) is 55.0 Å². The Morgan fingerprint density at radius 2 is 1.74 bits per heavy atom. The Labute approximate surface area is 178 Å². The Kier molecular flexibility index (Phi) is 7.24. The van der Waals surface area contributed by atoms with Crippen LogP contribution in [0.4, 0.5) is 30.5 Å². The van der Waals surface area contributed by atoms with E-state index in [0.717, 1.165) is 30.9 Å². The van der Waals surface area contributed by atoms with Crippen LogP contribution in [0.5, 0.6) is 5.75 Å². The highest BCUT2D eigenvalue weighted by Gasteiger charge is 2.30. The second-order valence-corrected chi connectivity index (χ2v) is 7.00. The first-order chi connectivity index (χ1) is 14.8. The number of anilines is 3. The molecule has 3 aromatic rings. The molecule has 31 heavy (non-hydrogen) atoms. The van der Waals surface area contributed by atoms with Gasteiger partial charge in [-0.05, 0) is 63.5 Å². The van der Waals surface area contributed by atoms with E-state index in [1.54, 1.807) is 12.3 Å². The van der Waals surface area contributed by atoms with Crippen molar-refractivity contribution < 1.29 is 17.9 Å². The molecule has 0 radical (unpaired) electrons. The molecular weight excluding hydrogens is 409 g/mol. The van der Waals surface area contributed by atoms with E-state index < -0.39 is 6.36 Å². The lowest BCUT2D eigenvalue weighted by Crippen LogP contribution is -2.16. The van der Waals surface area contributed by atoms with Crippen LogP contribution in [0.2, 0.25) is 0 Å². The molecule has 0 unspecified atom stereocenters. The number of benzene rings is 1. The summed E-state index contributed by atoms with van der Waals surface area (Å²) in [6.07, 6.45) is -0.601. The molecule has 0 amide bonds. The molecule has 2 heterocycles. The van der Waals surface area contributed by atoms with E-state index in [1.807, 2.05) is 26.2 Å². The first-order valence-electron chi connectivity index (χ1n) is 9.58. The number of alkyl halides is 3. The van der Waals surface area contributed by atoms with Crippen molar-refractivity contribution in [3.63, 3.8) is 0 Å². The Morgan fingerprint density at radius 3 is 2.45 bits per heavy atom. The van der Waals surface area contributed by atoms with Crippen LogP contribution in [0.3, 0.4) is 0 Å². The number of hydrogen-bond donors (Lipinski definition) is 2. The van der Waals surface area contributed by atoms with Gasteiger partial charge in [0.2, 0.25) is 0 Å². The number of nitrogens with zero attached hydrogens (tertiary/aromatic N) is 4. The predicted molar refractivity (Wildman–Crippen MR) is 113 cm³/mol. The van der Waals surface area contributed by atoms with Gasteiger partial charge in [0, 0.05) is 30.1 Å². The third-order valence-corrected chi connectivity index (χ3v) is 4.17. The average Bonchev–Trinajstić information content (AvgIpc) is 2.72. The van der Waals surface area contributed by atoms with Gasteiger partial charge in [-0.2, -0.15) is 0 Å². The molecular formula is C21H23F3N6O. The van der Waals surface area contributed by atoms with Crippen molar-refractivity contribution >= 4 is 17.3 Å². The van der Waals surface area contributed by atoms with E-state index in [2.05, 4.69) is 35.2 Å². The molecule has 0 aliphatic heterocycles. The number of ether oxygens (including phenoxy) is 1. The number of rotatable bonds is 9. The summed E-state index contributed by atoms with van der Waals surface area (Å²) < 4.78 is 40.7. The van der Waals surface area contributed by atoms with Gasteiger partial charge in [0.25, 0.3) is 0 Å². The highest BCUT2D eigenvalue weighted by atomic mass is 19.4. The zero-order valence-electron chi connectivity index (χ0n) is 17.1. The third-order valence-electron chi connectivity index (χ3n) is 4.17. The second kappa shape index (κ2) is 10.1. The van der Waals surface area contributed by atoms with Crippen LogP contribution in [-0.2, 0) is 0 Å². The van der Waals surface area contributed by atoms with E-state index in [0.29, 0.717) is 17.2 Å². The molecule has 1 aromatic carbocycles. The van der Waals surface area contributed by atoms with E-state index >= 15 is 0 Å². The standard InChI is InChI=1S/C21H23F3N6O/c1-30(2)11-3-9-25-19-12-15(8-10-26-19)18-13-20(28-14-27-18)29-16-4-6-17(7-5-16)31-21(22,23)24/h4-8,10,12-14H,3,9,11H2,1-2H3,(H,25,26)(H,27,28,29). The highest BCUT2D eigenvalue weighted by Crippen LogP contribution is 2.26. The number of pyridine rings is 1. The van der Waals surface area contributed by atoms with Crippen molar-refractivity contribution in [2.24, 2.45) is 0 Å². The van der Waals surface area contributed by atoms with Crippen LogP contribution in [0.1, 0.15) is 6.42 Å². The van der Waals surface area contributed by atoms with E-state index in [-0.39, 0.29) is 5.75 Å².